The molecule has 2 rings (SSSR count). The number of carbonyl (C=O) groups excluding carboxylic acids is 1. The molecule has 0 radical (unpaired) electrons. The zero-order chi connectivity index (χ0) is 15.4. The summed E-state index contributed by atoms with van der Waals surface area (Å²) in [6.07, 6.45) is 3.23. The first-order chi connectivity index (χ1) is 10.0. The van der Waals surface area contributed by atoms with Gasteiger partial charge in [0, 0.05) is 24.8 Å². The first-order valence-corrected chi connectivity index (χ1v) is 7.76. The zero-order valence-corrected chi connectivity index (χ0v) is 13.1. The maximum atomic E-state index is 11.6. The van der Waals surface area contributed by atoms with Gasteiger partial charge in [-0.1, -0.05) is 18.5 Å². The van der Waals surface area contributed by atoms with Crippen molar-refractivity contribution in [3.63, 3.8) is 0 Å². The average molecular weight is 311 g/mol. The molecule has 1 aromatic carbocycles. The lowest BCUT2D eigenvalue weighted by molar-refractivity contribution is 0.100. The number of halogens is 1. The number of anilines is 2. The van der Waals surface area contributed by atoms with Crippen LogP contribution in [0.25, 0.3) is 0 Å². The number of amides is 1. The van der Waals surface area contributed by atoms with Gasteiger partial charge in [-0.15, -0.1) is 0 Å². The molecule has 0 atom stereocenters. The number of likely N-dealkylation sites (tertiary alicyclic amines) is 1. The molecule has 1 heterocycles. The number of piperidine rings is 1. The highest BCUT2D eigenvalue weighted by Crippen LogP contribution is 2.31. The Morgan fingerprint density at radius 1 is 1.43 bits per heavy atom. The Morgan fingerprint density at radius 3 is 2.67 bits per heavy atom. The van der Waals surface area contributed by atoms with Crippen molar-refractivity contribution in [3.05, 3.63) is 22.7 Å². The number of rotatable bonds is 5. The van der Waals surface area contributed by atoms with E-state index in [-0.39, 0.29) is 0 Å². The number of nitrogens with zero attached hydrogens (tertiary/aromatic N) is 1. The number of hydrogen-bond donors (Lipinski definition) is 3. The van der Waals surface area contributed by atoms with E-state index in [1.807, 2.05) is 0 Å². The van der Waals surface area contributed by atoms with Crippen LogP contribution in [0.4, 0.5) is 11.4 Å². The molecule has 21 heavy (non-hydrogen) atoms. The summed E-state index contributed by atoms with van der Waals surface area (Å²) in [7, 11) is 0. The molecule has 0 aromatic heterocycles. The minimum atomic E-state index is -0.518. The molecule has 6 heteroatoms. The van der Waals surface area contributed by atoms with Crippen molar-refractivity contribution in [2.45, 2.75) is 32.2 Å². The van der Waals surface area contributed by atoms with Gasteiger partial charge < -0.3 is 21.7 Å². The van der Waals surface area contributed by atoms with Gasteiger partial charge >= 0.3 is 0 Å². The van der Waals surface area contributed by atoms with E-state index in [0.717, 1.165) is 32.5 Å². The molecule has 1 aromatic rings. The second kappa shape index (κ2) is 7.00. The highest BCUT2D eigenvalue weighted by molar-refractivity contribution is 6.34. The van der Waals surface area contributed by atoms with Crippen LogP contribution in [0.2, 0.25) is 5.02 Å². The summed E-state index contributed by atoms with van der Waals surface area (Å²) in [5.74, 6) is -0.518. The van der Waals surface area contributed by atoms with Crippen LogP contribution in [0.3, 0.4) is 0 Å². The van der Waals surface area contributed by atoms with Crippen LogP contribution in [-0.2, 0) is 0 Å². The largest absolute Gasteiger partial charge is 0.399 e. The van der Waals surface area contributed by atoms with E-state index in [4.69, 9.17) is 23.1 Å². The molecule has 0 spiro atoms. The first-order valence-electron chi connectivity index (χ1n) is 7.39. The number of primary amides is 1. The van der Waals surface area contributed by atoms with Crippen LogP contribution in [0.5, 0.6) is 0 Å². The van der Waals surface area contributed by atoms with Crippen molar-refractivity contribution in [3.8, 4) is 0 Å². The third-order valence-electron chi connectivity index (χ3n) is 3.85. The zero-order valence-electron chi connectivity index (χ0n) is 12.4. The predicted molar refractivity (Wildman–Crippen MR) is 87.8 cm³/mol. The number of nitrogens with two attached hydrogens (primary N) is 2. The molecule has 0 saturated carbocycles. The van der Waals surface area contributed by atoms with Crippen LogP contribution < -0.4 is 16.8 Å². The molecular weight excluding hydrogens is 288 g/mol. The van der Waals surface area contributed by atoms with Gasteiger partial charge in [0.1, 0.15) is 0 Å². The molecule has 0 unspecified atom stereocenters. The van der Waals surface area contributed by atoms with Gasteiger partial charge in [0.15, 0.2) is 0 Å². The molecule has 5 nitrogen and oxygen atoms in total. The van der Waals surface area contributed by atoms with Crippen molar-refractivity contribution in [1.82, 2.24) is 4.90 Å². The number of carbonyl (C=O) groups is 1. The first kappa shape index (κ1) is 15.9. The minimum Gasteiger partial charge on any atom is -0.399 e. The summed E-state index contributed by atoms with van der Waals surface area (Å²) in [5.41, 5.74) is 12.5. The lowest BCUT2D eigenvalue weighted by atomic mass is 10.0. The van der Waals surface area contributed by atoms with Crippen molar-refractivity contribution in [2.75, 3.05) is 30.7 Å². The van der Waals surface area contributed by atoms with Crippen LogP contribution in [0.15, 0.2) is 12.1 Å². The number of hydrogen-bond acceptors (Lipinski definition) is 4. The van der Waals surface area contributed by atoms with E-state index in [0.29, 0.717) is 28.0 Å². The maximum absolute atomic E-state index is 11.6. The maximum Gasteiger partial charge on any atom is 0.250 e. The summed E-state index contributed by atoms with van der Waals surface area (Å²) in [4.78, 5) is 14.0. The van der Waals surface area contributed by atoms with Gasteiger partial charge in [0.05, 0.1) is 16.3 Å². The van der Waals surface area contributed by atoms with Crippen molar-refractivity contribution in [1.29, 1.82) is 0 Å². The minimum absolute atomic E-state index is 0.303. The highest BCUT2D eigenvalue weighted by atomic mass is 35.5. The van der Waals surface area contributed by atoms with Gasteiger partial charge in [-0.3, -0.25) is 4.79 Å². The van der Waals surface area contributed by atoms with Gasteiger partial charge in [-0.25, -0.2) is 0 Å². The van der Waals surface area contributed by atoms with Gasteiger partial charge in [-0.05, 0) is 37.9 Å². The molecule has 116 valence electrons. The standard InChI is InChI=1S/C15H23ClN4O/c1-2-5-20-6-3-11(4-7-20)19-14-12(15(18)21)8-10(17)9-13(14)16/h8-9,11,19H,2-7,17H2,1H3,(H2,18,21). The van der Waals surface area contributed by atoms with Crippen molar-refractivity contribution in [2.24, 2.45) is 5.73 Å². The third kappa shape index (κ3) is 4.02. The molecular formula is C15H23ClN4O. The fourth-order valence-corrected chi connectivity index (χ4v) is 3.07. The normalized spacial score (nSPS) is 16.9. The molecule has 0 aliphatic carbocycles. The summed E-state index contributed by atoms with van der Waals surface area (Å²) in [6.45, 7) is 5.45. The van der Waals surface area contributed by atoms with Gasteiger partial charge in [0.2, 0.25) is 0 Å². The molecule has 1 aliphatic rings. The predicted octanol–water partition coefficient (Wildman–Crippen LogP) is 2.31. The molecule has 1 saturated heterocycles. The smallest absolute Gasteiger partial charge is 0.250 e. The van der Waals surface area contributed by atoms with E-state index >= 15 is 0 Å². The van der Waals surface area contributed by atoms with E-state index in [1.165, 1.54) is 6.42 Å². The number of benzene rings is 1. The highest BCUT2D eigenvalue weighted by Gasteiger charge is 2.21. The Balaban J connectivity index is 2.08. The third-order valence-corrected chi connectivity index (χ3v) is 4.15. The SMILES string of the molecule is CCCN1CCC(Nc2c(Cl)cc(N)cc2C(N)=O)CC1. The summed E-state index contributed by atoms with van der Waals surface area (Å²) in [5, 5.41) is 3.82. The lowest BCUT2D eigenvalue weighted by Crippen LogP contribution is -2.39. The Morgan fingerprint density at radius 2 is 2.10 bits per heavy atom. The van der Waals surface area contributed by atoms with Crippen LogP contribution in [-0.4, -0.2) is 36.5 Å². The Labute approximate surface area is 130 Å². The summed E-state index contributed by atoms with van der Waals surface area (Å²) < 4.78 is 0. The van der Waals surface area contributed by atoms with Gasteiger partial charge in [0.25, 0.3) is 5.91 Å². The van der Waals surface area contributed by atoms with E-state index in [1.54, 1.807) is 12.1 Å². The quantitative estimate of drug-likeness (QED) is 0.729. The molecule has 5 N–H and O–H groups in total. The number of nitrogens with one attached hydrogen (secondary N) is 1. The van der Waals surface area contributed by atoms with E-state index < -0.39 is 5.91 Å². The topological polar surface area (TPSA) is 84.4 Å². The number of nitrogen functional groups attached to an aromatic ring is 1. The van der Waals surface area contributed by atoms with Gasteiger partial charge in [-0.2, -0.15) is 0 Å². The molecule has 1 aliphatic heterocycles. The molecule has 1 fully saturated rings. The fourth-order valence-electron chi connectivity index (χ4n) is 2.79. The van der Waals surface area contributed by atoms with Crippen LogP contribution >= 0.6 is 11.6 Å². The van der Waals surface area contributed by atoms with Crippen molar-refractivity contribution >= 4 is 28.9 Å². The van der Waals surface area contributed by atoms with Crippen LogP contribution in [0.1, 0.15) is 36.5 Å². The Bertz CT molecular complexity index is 513. The Hall–Kier alpha value is -1.46. The van der Waals surface area contributed by atoms with E-state index in [9.17, 15) is 4.79 Å². The molecule has 0 bridgehead atoms. The second-order valence-corrected chi connectivity index (χ2v) is 5.96. The van der Waals surface area contributed by atoms with Crippen molar-refractivity contribution < 1.29 is 4.79 Å². The molecule has 1 amide bonds. The van der Waals surface area contributed by atoms with Crippen LogP contribution in [0, 0.1) is 0 Å². The second-order valence-electron chi connectivity index (χ2n) is 5.55. The average Bonchev–Trinajstić information content (AvgIpc) is 2.43. The van der Waals surface area contributed by atoms with E-state index in [2.05, 4.69) is 17.1 Å². The summed E-state index contributed by atoms with van der Waals surface area (Å²) in [6, 6.07) is 3.52. The monoisotopic (exact) mass is 310 g/mol. The Kier molecular flexibility index (Phi) is 5.31. The fraction of sp³-hybridized carbons (Fsp3) is 0.533. The lowest BCUT2D eigenvalue weighted by Gasteiger charge is -2.33. The summed E-state index contributed by atoms with van der Waals surface area (Å²) >= 11 is 6.22.